The van der Waals surface area contributed by atoms with Gasteiger partial charge in [0, 0.05) is 23.0 Å². The van der Waals surface area contributed by atoms with Gasteiger partial charge in [0.15, 0.2) is 0 Å². The van der Waals surface area contributed by atoms with Crippen molar-refractivity contribution in [3.05, 3.63) is 34.9 Å². The van der Waals surface area contributed by atoms with Gasteiger partial charge in [-0.05, 0) is 54.7 Å². The number of hydrogen-bond acceptors (Lipinski definition) is 4. The molecule has 3 atom stereocenters. The molecule has 1 aliphatic heterocycles. The maximum atomic E-state index is 11.1. The molecule has 29 heavy (non-hydrogen) atoms. The Kier molecular flexibility index (Phi) is 5.98. The zero-order valence-corrected chi connectivity index (χ0v) is 20.0. The molecule has 4 aliphatic rings. The molecule has 4 heteroatoms. The van der Waals surface area contributed by atoms with Crippen LogP contribution >= 0.6 is 23.5 Å². The largest absolute Gasteiger partial charge is 0.507 e. The van der Waals surface area contributed by atoms with Crippen LogP contribution in [0, 0.1) is 17.3 Å². The van der Waals surface area contributed by atoms with E-state index in [0.717, 1.165) is 29.1 Å². The highest BCUT2D eigenvalue weighted by Gasteiger charge is 2.55. The number of aromatic hydroxyl groups is 2. The summed E-state index contributed by atoms with van der Waals surface area (Å²) < 4.78 is -0.0135. The van der Waals surface area contributed by atoms with Crippen molar-refractivity contribution in [3.63, 3.8) is 0 Å². The van der Waals surface area contributed by atoms with E-state index in [1.54, 1.807) is 0 Å². The molecule has 1 saturated carbocycles. The molecule has 0 amide bonds. The first-order valence-electron chi connectivity index (χ1n) is 11.3. The highest BCUT2D eigenvalue weighted by atomic mass is 32.2. The van der Waals surface area contributed by atoms with Gasteiger partial charge in [-0.2, -0.15) is 0 Å². The van der Waals surface area contributed by atoms with E-state index in [0.29, 0.717) is 11.8 Å². The van der Waals surface area contributed by atoms with Crippen molar-refractivity contribution in [1.29, 1.82) is 0 Å². The zero-order chi connectivity index (χ0) is 20.8. The normalized spacial score (nSPS) is 29.4. The molecule has 0 radical (unpaired) electrons. The molecule has 5 rings (SSSR count). The number of hydrogen-bond donors (Lipinski definition) is 2. The number of fused-ring (bicyclic) bond motifs is 1. The highest BCUT2D eigenvalue weighted by molar-refractivity contribution is 8.20. The summed E-state index contributed by atoms with van der Waals surface area (Å²) in [4.78, 5) is 0. The van der Waals surface area contributed by atoms with Crippen molar-refractivity contribution < 1.29 is 10.2 Å². The Labute approximate surface area is 184 Å². The smallest absolute Gasteiger partial charge is 0.123 e. The summed E-state index contributed by atoms with van der Waals surface area (Å²) in [5.41, 5.74) is 3.51. The van der Waals surface area contributed by atoms with Crippen molar-refractivity contribution in [1.82, 2.24) is 0 Å². The molecule has 1 aromatic rings. The fourth-order valence-electron chi connectivity index (χ4n) is 6.02. The second kappa shape index (κ2) is 8.07. The molecule has 3 aliphatic carbocycles. The molecule has 1 heterocycles. The lowest BCUT2D eigenvalue weighted by molar-refractivity contribution is -0.0198. The molecular weight excluding hydrogens is 396 g/mol. The third-order valence-electron chi connectivity index (χ3n) is 7.79. The second-order valence-electron chi connectivity index (χ2n) is 9.84. The molecule has 160 valence electrons. The van der Waals surface area contributed by atoms with Crippen LogP contribution in [0.1, 0.15) is 83.3 Å². The maximum absolute atomic E-state index is 11.1. The average molecular weight is 433 g/mol. The Hall–Kier alpha value is -0.740. The van der Waals surface area contributed by atoms with Gasteiger partial charge in [-0.3, -0.25) is 0 Å². The van der Waals surface area contributed by atoms with E-state index in [-0.39, 0.29) is 26.9 Å². The van der Waals surface area contributed by atoms with Crippen LogP contribution in [0.25, 0.3) is 0 Å². The average Bonchev–Trinajstić information content (AvgIpc) is 3.14. The summed E-state index contributed by atoms with van der Waals surface area (Å²) >= 11 is 3.99. The maximum Gasteiger partial charge on any atom is 0.123 e. The highest BCUT2D eigenvalue weighted by Crippen LogP contribution is 2.65. The molecule has 2 N–H and O–H groups in total. The number of unbranched alkanes of at least 4 members (excludes halogenated alkanes) is 3. The van der Waals surface area contributed by atoms with E-state index in [1.165, 1.54) is 37.7 Å². The van der Waals surface area contributed by atoms with Gasteiger partial charge >= 0.3 is 0 Å². The molecule has 2 fully saturated rings. The van der Waals surface area contributed by atoms with Crippen LogP contribution in [-0.2, 0) is 4.08 Å². The number of benzene rings is 1. The van der Waals surface area contributed by atoms with Crippen LogP contribution in [0.5, 0.6) is 11.5 Å². The summed E-state index contributed by atoms with van der Waals surface area (Å²) in [5.74, 6) is 4.14. The minimum atomic E-state index is -0.0135. The van der Waals surface area contributed by atoms with Crippen LogP contribution < -0.4 is 0 Å². The van der Waals surface area contributed by atoms with Crippen molar-refractivity contribution in [3.8, 4) is 11.5 Å². The number of phenolic OH excluding ortho intramolecular Hbond substituents is 2. The Morgan fingerprint density at radius 1 is 1.03 bits per heavy atom. The quantitative estimate of drug-likeness (QED) is 0.348. The summed E-state index contributed by atoms with van der Waals surface area (Å²) in [5, 5.41) is 22.2. The van der Waals surface area contributed by atoms with Gasteiger partial charge < -0.3 is 10.2 Å². The van der Waals surface area contributed by atoms with Gasteiger partial charge in [-0.1, -0.05) is 58.1 Å². The van der Waals surface area contributed by atoms with Crippen molar-refractivity contribution in [2.45, 2.75) is 76.2 Å². The molecule has 2 bridgehead atoms. The second-order valence-corrected chi connectivity index (χ2v) is 12.9. The van der Waals surface area contributed by atoms with Gasteiger partial charge in [-0.25, -0.2) is 0 Å². The lowest BCUT2D eigenvalue weighted by Crippen LogP contribution is -2.50. The molecule has 1 saturated heterocycles. The Bertz CT molecular complexity index is 769. The Morgan fingerprint density at radius 2 is 1.69 bits per heavy atom. The standard InChI is InChI=1S/C25H36O2S2/c1-5-6-7-8-9-25(28-10-11-29-25)17-13-21(26)23(22(27)14-17)18-12-16(2)19-15-20(18)24(19,3)4/h12-14,18-20,26-27H,5-11,15H2,1-4H3/t18-,19+,20-/m0/s1. The first-order valence-corrected chi connectivity index (χ1v) is 13.3. The lowest BCUT2D eigenvalue weighted by Gasteiger charge is -2.59. The lowest BCUT2D eigenvalue weighted by atomic mass is 9.45. The number of rotatable bonds is 7. The molecule has 0 spiro atoms. The van der Waals surface area contributed by atoms with Gasteiger partial charge in [-0.15, -0.1) is 23.5 Å². The van der Waals surface area contributed by atoms with Crippen LogP contribution in [0.3, 0.4) is 0 Å². The summed E-state index contributed by atoms with van der Waals surface area (Å²) in [6, 6.07) is 3.95. The van der Waals surface area contributed by atoms with Crippen molar-refractivity contribution >= 4 is 23.5 Å². The van der Waals surface area contributed by atoms with Crippen LogP contribution in [-0.4, -0.2) is 21.7 Å². The number of thioether (sulfide) groups is 2. The van der Waals surface area contributed by atoms with Crippen LogP contribution in [0.15, 0.2) is 23.8 Å². The first-order chi connectivity index (χ1) is 13.8. The summed E-state index contributed by atoms with van der Waals surface area (Å²) in [6.07, 6.45) is 9.59. The number of phenols is 2. The summed E-state index contributed by atoms with van der Waals surface area (Å²) in [7, 11) is 0. The Balaban J connectivity index is 1.64. The van der Waals surface area contributed by atoms with Crippen molar-refractivity contribution in [2.24, 2.45) is 17.3 Å². The molecule has 0 unspecified atom stereocenters. The third kappa shape index (κ3) is 3.63. The van der Waals surface area contributed by atoms with Gasteiger partial charge in [0.1, 0.15) is 11.5 Å². The minimum Gasteiger partial charge on any atom is -0.507 e. The van der Waals surface area contributed by atoms with Gasteiger partial charge in [0.05, 0.1) is 4.08 Å². The fraction of sp³-hybridized carbons (Fsp3) is 0.680. The van der Waals surface area contributed by atoms with Crippen LogP contribution in [0.2, 0.25) is 0 Å². The molecular formula is C25H36O2S2. The molecule has 0 aromatic heterocycles. The monoisotopic (exact) mass is 432 g/mol. The van der Waals surface area contributed by atoms with Gasteiger partial charge in [0.25, 0.3) is 0 Å². The van der Waals surface area contributed by atoms with E-state index < -0.39 is 0 Å². The summed E-state index contributed by atoms with van der Waals surface area (Å²) in [6.45, 7) is 9.15. The molecule has 1 aromatic carbocycles. The Morgan fingerprint density at radius 3 is 2.24 bits per heavy atom. The van der Waals surface area contributed by atoms with Crippen LogP contribution in [0.4, 0.5) is 0 Å². The third-order valence-corrected chi connectivity index (χ3v) is 11.4. The fourth-order valence-corrected chi connectivity index (χ4v) is 9.33. The van der Waals surface area contributed by atoms with E-state index in [4.69, 9.17) is 0 Å². The first kappa shape index (κ1) is 21.5. The topological polar surface area (TPSA) is 40.5 Å². The zero-order valence-electron chi connectivity index (χ0n) is 18.3. The van der Waals surface area contributed by atoms with Gasteiger partial charge in [0.2, 0.25) is 0 Å². The minimum absolute atomic E-state index is 0.0135. The van der Waals surface area contributed by atoms with E-state index in [2.05, 4.69) is 33.8 Å². The van der Waals surface area contributed by atoms with E-state index in [1.807, 2.05) is 35.7 Å². The molecule has 2 nitrogen and oxygen atoms in total. The van der Waals surface area contributed by atoms with E-state index in [9.17, 15) is 10.2 Å². The number of allylic oxidation sites excluding steroid dienone is 2. The predicted molar refractivity (Wildman–Crippen MR) is 127 cm³/mol. The van der Waals surface area contributed by atoms with E-state index >= 15 is 0 Å². The van der Waals surface area contributed by atoms with Crippen molar-refractivity contribution in [2.75, 3.05) is 11.5 Å². The SMILES string of the molecule is CCCCCCC1(c2cc(O)c([C@H]3C=C(C)[C@H]4C[C@@H]3C4(C)C)c(O)c2)SCCS1. The predicted octanol–water partition coefficient (Wildman–Crippen LogP) is 7.41.